The number of allylic oxidation sites excluding steroid dienone is 1. The van der Waals surface area contributed by atoms with Crippen molar-refractivity contribution in [3.63, 3.8) is 0 Å². The molecule has 1 aliphatic rings. The number of benzene rings is 1. The number of carbonyl (C=O) groups is 2. The zero-order chi connectivity index (χ0) is 15.9. The summed E-state index contributed by atoms with van der Waals surface area (Å²) in [5.41, 5.74) is 3.63. The molecule has 0 saturated heterocycles. The number of aromatic nitrogens is 1. The van der Waals surface area contributed by atoms with E-state index in [9.17, 15) is 9.59 Å². The van der Waals surface area contributed by atoms with E-state index < -0.39 is 0 Å². The molecule has 0 unspecified atom stereocenters. The second kappa shape index (κ2) is 5.44. The van der Waals surface area contributed by atoms with Crippen LogP contribution in [-0.4, -0.2) is 35.5 Å². The second-order valence-electron chi connectivity index (χ2n) is 6.25. The van der Waals surface area contributed by atoms with Crippen molar-refractivity contribution in [3.8, 4) is 0 Å². The molecule has 0 aliphatic heterocycles. The molecular formula is C18H20N2O2. The van der Waals surface area contributed by atoms with Gasteiger partial charge in [0.05, 0.1) is 5.57 Å². The monoisotopic (exact) mass is 296 g/mol. The van der Waals surface area contributed by atoms with Crippen LogP contribution in [0.1, 0.15) is 29.9 Å². The zero-order valence-electron chi connectivity index (χ0n) is 13.1. The van der Waals surface area contributed by atoms with Gasteiger partial charge in [0.25, 0.3) is 0 Å². The molecule has 4 heteroatoms. The summed E-state index contributed by atoms with van der Waals surface area (Å²) in [6.07, 6.45) is 4.37. The van der Waals surface area contributed by atoms with Crippen LogP contribution in [0.25, 0.3) is 10.9 Å². The summed E-state index contributed by atoms with van der Waals surface area (Å²) in [5.74, 6) is -0.149. The topological polar surface area (TPSA) is 53.2 Å². The number of nitrogens with zero attached hydrogens (tertiary/aromatic N) is 1. The van der Waals surface area contributed by atoms with Crippen LogP contribution < -0.4 is 0 Å². The van der Waals surface area contributed by atoms with E-state index in [0.29, 0.717) is 18.4 Å². The normalized spacial score (nSPS) is 18.9. The zero-order valence-corrected chi connectivity index (χ0v) is 13.1. The van der Waals surface area contributed by atoms with Crippen molar-refractivity contribution < 1.29 is 9.59 Å². The lowest BCUT2D eigenvalue weighted by molar-refractivity contribution is -0.124. The Morgan fingerprint density at radius 3 is 2.50 bits per heavy atom. The third-order valence-electron chi connectivity index (χ3n) is 4.16. The number of Topliss-reactive ketones (excluding diaryl/α,β-unsaturated/α-hetero) is 2. The van der Waals surface area contributed by atoms with Crippen LogP contribution in [0.15, 0.2) is 36.2 Å². The van der Waals surface area contributed by atoms with Crippen LogP contribution in [-0.2, 0) is 9.59 Å². The highest BCUT2D eigenvalue weighted by Gasteiger charge is 2.32. The number of carbonyl (C=O) groups excluding carboxylic acids is 2. The highest BCUT2D eigenvalue weighted by molar-refractivity contribution is 6.22. The van der Waals surface area contributed by atoms with Crippen LogP contribution in [0.5, 0.6) is 0 Å². The van der Waals surface area contributed by atoms with Gasteiger partial charge in [-0.05, 0) is 24.6 Å². The lowest BCUT2D eigenvalue weighted by Gasteiger charge is -2.22. The van der Waals surface area contributed by atoms with Crippen LogP contribution in [0.4, 0.5) is 0 Å². The number of aromatic amines is 1. The number of hydrogen-bond donors (Lipinski definition) is 1. The molecule has 3 rings (SSSR count). The first-order valence-electron chi connectivity index (χ1n) is 7.48. The van der Waals surface area contributed by atoms with Gasteiger partial charge in [-0.15, -0.1) is 0 Å². The maximum Gasteiger partial charge on any atom is 0.168 e. The van der Waals surface area contributed by atoms with Crippen molar-refractivity contribution in [3.05, 3.63) is 47.3 Å². The van der Waals surface area contributed by atoms with Crippen LogP contribution in [0.2, 0.25) is 0 Å². The van der Waals surface area contributed by atoms with E-state index in [4.69, 9.17) is 0 Å². The first-order valence-corrected chi connectivity index (χ1v) is 7.48. The van der Waals surface area contributed by atoms with Gasteiger partial charge in [-0.1, -0.05) is 11.6 Å². The predicted octanol–water partition coefficient (Wildman–Crippen LogP) is 2.94. The largest absolute Gasteiger partial charge is 0.383 e. The van der Waals surface area contributed by atoms with E-state index in [2.05, 4.69) is 17.1 Å². The van der Waals surface area contributed by atoms with E-state index in [1.54, 1.807) is 11.1 Å². The minimum Gasteiger partial charge on any atom is -0.383 e. The lowest BCUT2D eigenvalue weighted by Crippen LogP contribution is -2.26. The number of hydrogen-bond acceptors (Lipinski definition) is 3. The molecule has 0 bridgehead atoms. The van der Waals surface area contributed by atoms with Gasteiger partial charge < -0.3 is 9.88 Å². The highest BCUT2D eigenvalue weighted by atomic mass is 16.1. The van der Waals surface area contributed by atoms with Crippen molar-refractivity contribution in [2.45, 2.75) is 25.7 Å². The van der Waals surface area contributed by atoms with Crippen molar-refractivity contribution in [2.75, 3.05) is 14.1 Å². The molecule has 0 radical (unpaired) electrons. The van der Waals surface area contributed by atoms with Gasteiger partial charge in [0.2, 0.25) is 0 Å². The van der Waals surface area contributed by atoms with Crippen LogP contribution in [0, 0.1) is 6.92 Å². The molecular weight excluding hydrogens is 276 g/mol. The molecule has 2 aromatic rings. The Labute approximate surface area is 129 Å². The van der Waals surface area contributed by atoms with Gasteiger partial charge in [-0.2, -0.15) is 0 Å². The van der Waals surface area contributed by atoms with E-state index in [0.717, 1.165) is 16.5 Å². The standard InChI is InChI=1S/C18H20N2O2/c1-11-4-5-16-13(6-11)14(9-19-16)12-7-17(21)15(10-20(2)3)18(22)8-12/h4-6,9-10,12,19H,7-8H2,1-3H3. The third-order valence-corrected chi connectivity index (χ3v) is 4.16. The summed E-state index contributed by atoms with van der Waals surface area (Å²) >= 11 is 0. The fourth-order valence-electron chi connectivity index (χ4n) is 3.11. The summed E-state index contributed by atoms with van der Waals surface area (Å²) in [5, 5.41) is 1.12. The fraction of sp³-hybridized carbons (Fsp3) is 0.333. The SMILES string of the molecule is Cc1ccc2[nH]cc(C3CC(=O)C(=CN(C)C)C(=O)C3)c2c1. The quantitative estimate of drug-likeness (QED) is 0.685. The van der Waals surface area contributed by atoms with Gasteiger partial charge in [-0.3, -0.25) is 9.59 Å². The molecule has 1 N–H and O–H groups in total. The van der Waals surface area contributed by atoms with Gasteiger partial charge in [0.15, 0.2) is 11.6 Å². The van der Waals surface area contributed by atoms with E-state index in [1.807, 2.05) is 33.3 Å². The molecule has 1 aromatic heterocycles. The average molecular weight is 296 g/mol. The molecule has 1 fully saturated rings. The van der Waals surface area contributed by atoms with Gasteiger partial charge in [0.1, 0.15) is 0 Å². The van der Waals surface area contributed by atoms with Gasteiger partial charge >= 0.3 is 0 Å². The summed E-state index contributed by atoms with van der Waals surface area (Å²) in [6, 6.07) is 6.21. The molecule has 4 nitrogen and oxygen atoms in total. The van der Waals surface area contributed by atoms with Crippen molar-refractivity contribution >= 4 is 22.5 Å². The number of rotatable bonds is 2. The second-order valence-corrected chi connectivity index (χ2v) is 6.25. The minimum atomic E-state index is -0.0584. The maximum atomic E-state index is 12.3. The van der Waals surface area contributed by atoms with E-state index >= 15 is 0 Å². The fourth-order valence-corrected chi connectivity index (χ4v) is 3.11. The third kappa shape index (κ3) is 2.56. The van der Waals surface area contributed by atoms with Crippen LogP contribution in [0.3, 0.4) is 0 Å². The number of nitrogens with one attached hydrogen (secondary N) is 1. The molecule has 1 aromatic carbocycles. The Hall–Kier alpha value is -2.36. The first kappa shape index (κ1) is 14.6. The predicted molar refractivity (Wildman–Crippen MR) is 86.8 cm³/mol. The van der Waals surface area contributed by atoms with Crippen molar-refractivity contribution in [1.29, 1.82) is 0 Å². The van der Waals surface area contributed by atoms with Gasteiger partial charge in [0, 0.05) is 56.2 Å². The van der Waals surface area contributed by atoms with Crippen molar-refractivity contribution in [1.82, 2.24) is 9.88 Å². The molecule has 0 spiro atoms. The Kier molecular flexibility index (Phi) is 3.61. The summed E-state index contributed by atoms with van der Waals surface area (Å²) in [6.45, 7) is 2.05. The molecule has 114 valence electrons. The molecule has 1 heterocycles. The molecule has 1 aliphatic carbocycles. The van der Waals surface area contributed by atoms with Crippen molar-refractivity contribution in [2.24, 2.45) is 0 Å². The first-order chi connectivity index (χ1) is 10.5. The van der Waals surface area contributed by atoms with Crippen LogP contribution >= 0.6 is 0 Å². The highest BCUT2D eigenvalue weighted by Crippen LogP contribution is 2.35. The van der Waals surface area contributed by atoms with Gasteiger partial charge in [-0.25, -0.2) is 0 Å². The number of H-pyrrole nitrogens is 1. The summed E-state index contributed by atoms with van der Waals surface area (Å²) < 4.78 is 0. The summed E-state index contributed by atoms with van der Waals surface area (Å²) in [7, 11) is 3.64. The maximum absolute atomic E-state index is 12.3. The number of fused-ring (bicyclic) bond motifs is 1. The Balaban J connectivity index is 1.95. The lowest BCUT2D eigenvalue weighted by atomic mass is 9.80. The summed E-state index contributed by atoms with van der Waals surface area (Å²) in [4.78, 5) is 29.6. The molecule has 0 atom stereocenters. The average Bonchev–Trinajstić information content (AvgIpc) is 2.85. The Bertz CT molecular complexity index is 763. The Morgan fingerprint density at radius 2 is 1.86 bits per heavy atom. The molecule has 1 saturated carbocycles. The van der Waals surface area contributed by atoms with E-state index in [-0.39, 0.29) is 17.5 Å². The molecule has 0 amide bonds. The Morgan fingerprint density at radius 1 is 1.18 bits per heavy atom. The smallest absolute Gasteiger partial charge is 0.168 e. The minimum absolute atomic E-state index is 0.0325. The van der Waals surface area contributed by atoms with E-state index in [1.165, 1.54) is 5.56 Å². The number of ketones is 2. The molecule has 22 heavy (non-hydrogen) atoms. The number of aryl methyl sites for hydroxylation is 1.